The summed E-state index contributed by atoms with van der Waals surface area (Å²) in [4.78, 5) is 15.7. The molecule has 0 radical (unpaired) electrons. The Bertz CT molecular complexity index is 793. The van der Waals surface area contributed by atoms with E-state index in [1.807, 2.05) is 13.1 Å². The van der Waals surface area contributed by atoms with E-state index in [2.05, 4.69) is 59.1 Å². The number of aromatic amines is 2. The molecule has 1 saturated carbocycles. The molecule has 2 aromatic rings. The van der Waals surface area contributed by atoms with Crippen LogP contribution in [0.4, 0.5) is 0 Å². The van der Waals surface area contributed by atoms with Crippen LogP contribution >= 0.6 is 0 Å². The SMILES string of the molecule is CCC(=CC=C(C)c1cnc(C)[nH]1)C1CCCC(c2cnc(CC)[nH]2)CC1. The zero-order chi connectivity index (χ0) is 19.2. The van der Waals surface area contributed by atoms with E-state index in [-0.39, 0.29) is 0 Å². The van der Waals surface area contributed by atoms with Crippen molar-refractivity contribution in [3.8, 4) is 0 Å². The first-order valence-corrected chi connectivity index (χ1v) is 10.5. The first-order valence-electron chi connectivity index (χ1n) is 10.5. The van der Waals surface area contributed by atoms with Gasteiger partial charge in [-0.2, -0.15) is 0 Å². The molecule has 27 heavy (non-hydrogen) atoms. The predicted octanol–water partition coefficient (Wildman–Crippen LogP) is 6.11. The summed E-state index contributed by atoms with van der Waals surface area (Å²) >= 11 is 0. The Hall–Kier alpha value is -2.10. The van der Waals surface area contributed by atoms with Crippen molar-refractivity contribution in [3.05, 3.63) is 53.2 Å². The van der Waals surface area contributed by atoms with Gasteiger partial charge >= 0.3 is 0 Å². The molecule has 0 aliphatic heterocycles. The van der Waals surface area contributed by atoms with E-state index in [0.717, 1.165) is 30.2 Å². The highest BCUT2D eigenvalue weighted by Crippen LogP contribution is 2.37. The highest BCUT2D eigenvalue weighted by Gasteiger charge is 2.23. The fourth-order valence-corrected chi connectivity index (χ4v) is 4.23. The number of hydrogen-bond donors (Lipinski definition) is 2. The van der Waals surface area contributed by atoms with Crippen LogP contribution in [0.25, 0.3) is 5.57 Å². The summed E-state index contributed by atoms with van der Waals surface area (Å²) < 4.78 is 0. The lowest BCUT2D eigenvalue weighted by Crippen LogP contribution is -2.03. The second-order valence-corrected chi connectivity index (χ2v) is 7.87. The second-order valence-electron chi connectivity index (χ2n) is 7.87. The second kappa shape index (κ2) is 9.20. The zero-order valence-corrected chi connectivity index (χ0v) is 17.3. The highest BCUT2D eigenvalue weighted by atomic mass is 14.9. The number of rotatable bonds is 6. The van der Waals surface area contributed by atoms with Gasteiger partial charge in [0.1, 0.15) is 11.6 Å². The summed E-state index contributed by atoms with van der Waals surface area (Å²) in [6.45, 7) is 8.60. The maximum absolute atomic E-state index is 4.51. The Morgan fingerprint density at radius 3 is 2.59 bits per heavy atom. The molecule has 1 aliphatic carbocycles. The number of allylic oxidation sites excluding steroid dienone is 4. The molecule has 2 unspecified atom stereocenters. The van der Waals surface area contributed by atoms with E-state index >= 15 is 0 Å². The molecule has 2 aromatic heterocycles. The molecule has 146 valence electrons. The maximum atomic E-state index is 4.51. The summed E-state index contributed by atoms with van der Waals surface area (Å²) in [6, 6.07) is 0. The van der Waals surface area contributed by atoms with Gasteiger partial charge in [0.15, 0.2) is 0 Å². The smallest absolute Gasteiger partial charge is 0.105 e. The first-order chi connectivity index (χ1) is 13.1. The molecule has 1 aliphatic rings. The van der Waals surface area contributed by atoms with Crippen LogP contribution in [0.15, 0.2) is 30.1 Å². The normalized spacial score (nSPS) is 22.1. The van der Waals surface area contributed by atoms with Gasteiger partial charge in [-0.1, -0.05) is 38.0 Å². The number of aryl methyl sites for hydroxylation is 2. The summed E-state index contributed by atoms with van der Waals surface area (Å²) in [5.41, 5.74) is 5.30. The minimum absolute atomic E-state index is 0.645. The predicted molar refractivity (Wildman–Crippen MR) is 113 cm³/mol. The molecular weight excluding hydrogens is 332 g/mol. The van der Waals surface area contributed by atoms with Crippen LogP contribution in [0.5, 0.6) is 0 Å². The monoisotopic (exact) mass is 366 g/mol. The van der Waals surface area contributed by atoms with Gasteiger partial charge in [0.2, 0.25) is 0 Å². The quantitative estimate of drug-likeness (QED) is 0.479. The molecule has 2 N–H and O–H groups in total. The maximum Gasteiger partial charge on any atom is 0.105 e. The Morgan fingerprint density at radius 2 is 1.93 bits per heavy atom. The molecule has 2 atom stereocenters. The van der Waals surface area contributed by atoms with Crippen molar-refractivity contribution in [2.75, 3.05) is 0 Å². The average Bonchev–Trinajstić information content (AvgIpc) is 3.26. The molecule has 4 heteroatoms. The fourth-order valence-electron chi connectivity index (χ4n) is 4.23. The zero-order valence-electron chi connectivity index (χ0n) is 17.3. The van der Waals surface area contributed by atoms with Gasteiger partial charge in [-0.3, -0.25) is 0 Å². The number of aromatic nitrogens is 4. The van der Waals surface area contributed by atoms with E-state index in [1.54, 1.807) is 5.57 Å². The standard InChI is InChI=1S/C23H34N4/c1-5-18(11-10-16(3)21-14-24-17(4)26-21)19-8-7-9-20(13-12-19)22-15-25-23(6-2)27-22/h10-11,14-15,19-20H,5-9,12-13H2,1-4H3,(H,24,26)(H,25,27). The average molecular weight is 367 g/mol. The molecule has 3 rings (SSSR count). The van der Waals surface area contributed by atoms with Crippen molar-refractivity contribution in [2.45, 2.75) is 78.6 Å². The van der Waals surface area contributed by atoms with Gasteiger partial charge in [0.25, 0.3) is 0 Å². The summed E-state index contributed by atoms with van der Waals surface area (Å²) in [5, 5.41) is 0. The molecular formula is C23H34N4. The Kier molecular flexibility index (Phi) is 6.70. The highest BCUT2D eigenvalue weighted by molar-refractivity contribution is 5.61. The number of imidazole rings is 2. The van der Waals surface area contributed by atoms with Crippen LogP contribution in [-0.4, -0.2) is 19.9 Å². The minimum atomic E-state index is 0.645. The molecule has 1 fully saturated rings. The van der Waals surface area contributed by atoms with Crippen molar-refractivity contribution in [1.82, 2.24) is 19.9 Å². The van der Waals surface area contributed by atoms with Crippen LogP contribution in [0.2, 0.25) is 0 Å². The van der Waals surface area contributed by atoms with Gasteiger partial charge in [0.05, 0.1) is 11.9 Å². The molecule has 2 heterocycles. The number of nitrogens with one attached hydrogen (secondary N) is 2. The van der Waals surface area contributed by atoms with Gasteiger partial charge in [-0.15, -0.1) is 0 Å². The lowest BCUT2D eigenvalue weighted by Gasteiger charge is -2.17. The van der Waals surface area contributed by atoms with Crippen molar-refractivity contribution in [3.63, 3.8) is 0 Å². The number of nitrogens with zero attached hydrogens (tertiary/aromatic N) is 2. The summed E-state index contributed by atoms with van der Waals surface area (Å²) in [5.74, 6) is 3.44. The lowest BCUT2D eigenvalue weighted by molar-refractivity contribution is 0.510. The van der Waals surface area contributed by atoms with Gasteiger partial charge in [-0.05, 0) is 57.4 Å². The van der Waals surface area contributed by atoms with E-state index in [0.29, 0.717) is 11.8 Å². The van der Waals surface area contributed by atoms with Crippen LogP contribution in [0.1, 0.15) is 88.3 Å². The summed E-state index contributed by atoms with van der Waals surface area (Å²) in [6.07, 6.45) is 17.2. The Labute approximate surface area is 163 Å². The van der Waals surface area contributed by atoms with E-state index in [4.69, 9.17) is 0 Å². The number of H-pyrrole nitrogens is 2. The Morgan fingerprint density at radius 1 is 1.07 bits per heavy atom. The van der Waals surface area contributed by atoms with Gasteiger partial charge < -0.3 is 9.97 Å². The van der Waals surface area contributed by atoms with E-state index in [9.17, 15) is 0 Å². The lowest BCUT2D eigenvalue weighted by atomic mass is 9.88. The van der Waals surface area contributed by atoms with Crippen LogP contribution in [-0.2, 0) is 6.42 Å². The fraction of sp³-hybridized carbons (Fsp3) is 0.565. The molecule has 0 saturated heterocycles. The topological polar surface area (TPSA) is 57.4 Å². The third-order valence-electron chi connectivity index (χ3n) is 6.00. The van der Waals surface area contributed by atoms with Crippen LogP contribution in [0.3, 0.4) is 0 Å². The summed E-state index contributed by atoms with van der Waals surface area (Å²) in [7, 11) is 0. The van der Waals surface area contributed by atoms with Gasteiger partial charge in [-0.25, -0.2) is 9.97 Å². The first kappa shape index (κ1) is 19.7. The Balaban J connectivity index is 1.67. The van der Waals surface area contributed by atoms with Crippen molar-refractivity contribution in [1.29, 1.82) is 0 Å². The third-order valence-corrected chi connectivity index (χ3v) is 6.00. The van der Waals surface area contributed by atoms with E-state index < -0.39 is 0 Å². The molecule has 4 nitrogen and oxygen atoms in total. The molecule has 0 bridgehead atoms. The molecule has 0 spiro atoms. The molecule has 0 aromatic carbocycles. The van der Waals surface area contributed by atoms with Crippen LogP contribution in [0, 0.1) is 12.8 Å². The largest absolute Gasteiger partial charge is 0.346 e. The van der Waals surface area contributed by atoms with E-state index in [1.165, 1.54) is 43.4 Å². The van der Waals surface area contributed by atoms with Crippen molar-refractivity contribution >= 4 is 5.57 Å². The van der Waals surface area contributed by atoms with Crippen molar-refractivity contribution in [2.24, 2.45) is 5.92 Å². The third kappa shape index (κ3) is 5.00. The van der Waals surface area contributed by atoms with Crippen LogP contribution < -0.4 is 0 Å². The van der Waals surface area contributed by atoms with Gasteiger partial charge in [0, 0.05) is 24.2 Å². The molecule has 0 amide bonds. The van der Waals surface area contributed by atoms with Crippen molar-refractivity contribution < 1.29 is 0 Å². The minimum Gasteiger partial charge on any atom is -0.346 e. The number of hydrogen-bond acceptors (Lipinski definition) is 2.